The molecule has 11 heteroatoms. The monoisotopic (exact) mass is 506 g/mol. The molecule has 2 fully saturated rings. The minimum absolute atomic E-state index is 0.00853. The van der Waals surface area contributed by atoms with Crippen molar-refractivity contribution in [3.8, 4) is 17.1 Å². The minimum Gasteiger partial charge on any atom is -0.489 e. The highest BCUT2D eigenvalue weighted by Gasteiger charge is 2.44. The summed E-state index contributed by atoms with van der Waals surface area (Å²) in [6.45, 7) is 0.354. The van der Waals surface area contributed by atoms with Crippen LogP contribution in [-0.2, 0) is 6.54 Å². The molecule has 0 aliphatic carbocycles. The topological polar surface area (TPSA) is 96.0 Å². The van der Waals surface area contributed by atoms with Gasteiger partial charge in [-0.15, -0.1) is 10.2 Å². The summed E-state index contributed by atoms with van der Waals surface area (Å²) in [5.41, 5.74) is 1.59. The number of ether oxygens (including phenoxy) is 1. The standard InChI is InChI=1S/C22H21Cl3N6O2/c23-14-3-1-13(18(24)8-14)11-26-22(32)31-15-4-5-16(31)10-17(9-15)33-20-6-2-12(7-19(20)25)21-27-29-30-28-21/h1-3,6-8,15-17H,4-5,9-11H2,(H,26,32)(H,27,28,29,30)/t15-,16-/m0/s1. The van der Waals surface area contributed by atoms with E-state index in [2.05, 4.69) is 25.9 Å². The van der Waals surface area contributed by atoms with Gasteiger partial charge in [0.15, 0.2) is 0 Å². The molecule has 5 rings (SSSR count). The van der Waals surface area contributed by atoms with Gasteiger partial charge in [0.1, 0.15) is 11.9 Å². The van der Waals surface area contributed by atoms with Crippen LogP contribution >= 0.6 is 34.8 Å². The molecule has 0 saturated carbocycles. The van der Waals surface area contributed by atoms with Crippen LogP contribution in [-0.4, -0.2) is 49.7 Å². The highest BCUT2D eigenvalue weighted by atomic mass is 35.5. The maximum absolute atomic E-state index is 12.9. The SMILES string of the molecule is O=C(NCc1ccc(Cl)cc1Cl)N1[C@H]2CC[C@H]1CC(Oc1ccc(-c3nn[nH]n3)cc1Cl)C2. The van der Waals surface area contributed by atoms with Crippen molar-refractivity contribution >= 4 is 40.8 Å². The third-order valence-corrected chi connectivity index (χ3v) is 7.08. The van der Waals surface area contributed by atoms with E-state index in [-0.39, 0.29) is 24.2 Å². The molecule has 2 saturated heterocycles. The van der Waals surface area contributed by atoms with Crippen LogP contribution in [0.25, 0.3) is 11.4 Å². The molecular formula is C22H21Cl3N6O2. The van der Waals surface area contributed by atoms with Crippen LogP contribution < -0.4 is 10.1 Å². The number of aromatic nitrogens is 4. The molecule has 0 spiro atoms. The largest absolute Gasteiger partial charge is 0.489 e. The van der Waals surface area contributed by atoms with Crippen molar-refractivity contribution in [3.63, 3.8) is 0 Å². The molecule has 0 radical (unpaired) electrons. The molecule has 1 aromatic heterocycles. The number of fused-ring (bicyclic) bond motifs is 2. The van der Waals surface area contributed by atoms with E-state index >= 15 is 0 Å². The Balaban J connectivity index is 1.20. The van der Waals surface area contributed by atoms with Gasteiger partial charge in [-0.25, -0.2) is 4.79 Å². The van der Waals surface area contributed by atoms with E-state index in [1.807, 2.05) is 23.1 Å². The first-order chi connectivity index (χ1) is 16.0. The average Bonchev–Trinajstić information content (AvgIpc) is 3.41. The van der Waals surface area contributed by atoms with Crippen molar-refractivity contribution in [2.24, 2.45) is 0 Å². The highest BCUT2D eigenvalue weighted by molar-refractivity contribution is 6.35. The van der Waals surface area contributed by atoms with Crippen LogP contribution in [0.3, 0.4) is 0 Å². The summed E-state index contributed by atoms with van der Waals surface area (Å²) in [5, 5.41) is 18.5. The van der Waals surface area contributed by atoms with E-state index in [0.717, 1.165) is 36.8 Å². The number of hydrogen-bond acceptors (Lipinski definition) is 5. The summed E-state index contributed by atoms with van der Waals surface area (Å²) in [6.07, 6.45) is 3.43. The Hall–Kier alpha value is -2.55. The van der Waals surface area contributed by atoms with Gasteiger partial charge in [0, 0.05) is 47.1 Å². The van der Waals surface area contributed by atoms with Gasteiger partial charge < -0.3 is 15.0 Å². The van der Waals surface area contributed by atoms with Crippen LogP contribution in [0.2, 0.25) is 15.1 Å². The zero-order chi connectivity index (χ0) is 22.9. The molecule has 172 valence electrons. The van der Waals surface area contributed by atoms with Crippen molar-refractivity contribution < 1.29 is 9.53 Å². The average molecular weight is 508 g/mol. The van der Waals surface area contributed by atoms with E-state index in [4.69, 9.17) is 39.5 Å². The second-order valence-corrected chi connectivity index (χ2v) is 9.53. The molecule has 3 heterocycles. The zero-order valence-corrected chi connectivity index (χ0v) is 19.7. The van der Waals surface area contributed by atoms with Gasteiger partial charge in [-0.1, -0.05) is 40.9 Å². The summed E-state index contributed by atoms with van der Waals surface area (Å²) < 4.78 is 6.24. The van der Waals surface area contributed by atoms with E-state index in [1.165, 1.54) is 0 Å². The van der Waals surface area contributed by atoms with Crippen molar-refractivity contribution in [1.29, 1.82) is 0 Å². The van der Waals surface area contributed by atoms with E-state index in [1.54, 1.807) is 18.2 Å². The maximum atomic E-state index is 12.9. The van der Waals surface area contributed by atoms with E-state index < -0.39 is 0 Å². The number of piperidine rings is 1. The number of carbonyl (C=O) groups excluding carboxylic acids is 1. The fourth-order valence-electron chi connectivity index (χ4n) is 4.68. The number of aromatic amines is 1. The first kappa shape index (κ1) is 22.3. The van der Waals surface area contributed by atoms with Crippen molar-refractivity contribution in [2.75, 3.05) is 0 Å². The predicted molar refractivity (Wildman–Crippen MR) is 126 cm³/mol. The smallest absolute Gasteiger partial charge is 0.318 e. The van der Waals surface area contributed by atoms with Gasteiger partial charge in [-0.2, -0.15) is 5.21 Å². The fraction of sp³-hybridized carbons (Fsp3) is 0.364. The first-order valence-electron chi connectivity index (χ1n) is 10.7. The lowest BCUT2D eigenvalue weighted by Gasteiger charge is -2.39. The summed E-state index contributed by atoms with van der Waals surface area (Å²) in [7, 11) is 0. The van der Waals surface area contributed by atoms with Gasteiger partial charge in [-0.3, -0.25) is 0 Å². The van der Waals surface area contributed by atoms with Gasteiger partial charge in [0.2, 0.25) is 5.82 Å². The molecule has 2 aliphatic rings. The van der Waals surface area contributed by atoms with E-state index in [0.29, 0.717) is 33.2 Å². The number of rotatable bonds is 5. The number of tetrazole rings is 1. The zero-order valence-electron chi connectivity index (χ0n) is 17.5. The quantitative estimate of drug-likeness (QED) is 0.500. The van der Waals surface area contributed by atoms with Gasteiger partial charge >= 0.3 is 6.03 Å². The summed E-state index contributed by atoms with van der Waals surface area (Å²) in [5.74, 6) is 1.09. The van der Waals surface area contributed by atoms with Gasteiger partial charge in [0.25, 0.3) is 0 Å². The summed E-state index contributed by atoms with van der Waals surface area (Å²) >= 11 is 18.6. The first-order valence-corrected chi connectivity index (χ1v) is 11.8. The number of halogens is 3. The number of benzene rings is 2. The number of nitrogens with one attached hydrogen (secondary N) is 2. The van der Waals surface area contributed by atoms with Crippen molar-refractivity contribution in [1.82, 2.24) is 30.8 Å². The number of amides is 2. The number of urea groups is 1. The molecule has 0 unspecified atom stereocenters. The van der Waals surface area contributed by atoms with Crippen LogP contribution in [0.5, 0.6) is 5.75 Å². The minimum atomic E-state index is -0.0746. The van der Waals surface area contributed by atoms with Gasteiger partial charge in [0.05, 0.1) is 5.02 Å². The normalized spacial score (nSPS) is 21.8. The Bertz CT molecular complexity index is 1150. The van der Waals surface area contributed by atoms with Crippen LogP contribution in [0, 0.1) is 0 Å². The molecule has 2 atom stereocenters. The maximum Gasteiger partial charge on any atom is 0.318 e. The lowest BCUT2D eigenvalue weighted by molar-refractivity contribution is 0.0687. The van der Waals surface area contributed by atoms with Crippen LogP contribution in [0.15, 0.2) is 36.4 Å². The Morgan fingerprint density at radius 2 is 1.88 bits per heavy atom. The Kier molecular flexibility index (Phi) is 6.32. The Morgan fingerprint density at radius 1 is 1.09 bits per heavy atom. The van der Waals surface area contributed by atoms with Crippen molar-refractivity contribution in [3.05, 3.63) is 57.0 Å². The number of hydrogen-bond donors (Lipinski definition) is 2. The highest BCUT2D eigenvalue weighted by Crippen LogP contribution is 2.39. The molecular weight excluding hydrogens is 487 g/mol. The lowest BCUT2D eigenvalue weighted by atomic mass is 10.00. The number of H-pyrrole nitrogens is 1. The number of carbonyl (C=O) groups is 1. The Morgan fingerprint density at radius 3 is 2.55 bits per heavy atom. The summed E-state index contributed by atoms with van der Waals surface area (Å²) in [6, 6.07) is 10.9. The molecule has 2 aliphatic heterocycles. The third-order valence-electron chi connectivity index (χ3n) is 6.20. The molecule has 3 aromatic rings. The molecule has 8 nitrogen and oxygen atoms in total. The summed E-state index contributed by atoms with van der Waals surface area (Å²) in [4.78, 5) is 14.9. The fourth-order valence-corrected chi connectivity index (χ4v) is 5.38. The second-order valence-electron chi connectivity index (χ2n) is 8.28. The Labute approximate surface area is 205 Å². The van der Waals surface area contributed by atoms with Crippen molar-refractivity contribution in [2.45, 2.75) is 50.4 Å². The predicted octanol–water partition coefficient (Wildman–Crippen LogP) is 5.11. The molecule has 33 heavy (non-hydrogen) atoms. The van der Waals surface area contributed by atoms with Crippen LogP contribution in [0.4, 0.5) is 4.79 Å². The molecule has 2 amide bonds. The number of nitrogens with zero attached hydrogens (tertiary/aromatic N) is 4. The molecule has 2 aromatic carbocycles. The van der Waals surface area contributed by atoms with E-state index in [9.17, 15) is 4.79 Å². The second kappa shape index (κ2) is 9.37. The molecule has 2 N–H and O–H groups in total. The lowest BCUT2D eigenvalue weighted by Crippen LogP contribution is -2.52. The third kappa shape index (κ3) is 4.74. The molecule has 2 bridgehead atoms. The van der Waals surface area contributed by atoms with Crippen LogP contribution in [0.1, 0.15) is 31.2 Å². The van der Waals surface area contributed by atoms with Gasteiger partial charge in [-0.05, 0) is 54.0 Å².